The minimum absolute atomic E-state index is 0.242. The number of nitrogens with zero attached hydrogens (tertiary/aromatic N) is 2. The molecular weight excluding hydrogens is 370 g/mol. The van der Waals surface area contributed by atoms with Gasteiger partial charge in [-0.25, -0.2) is 9.48 Å². The van der Waals surface area contributed by atoms with Crippen LogP contribution in [0.3, 0.4) is 0 Å². The van der Waals surface area contributed by atoms with Crippen LogP contribution in [0.1, 0.15) is 40.3 Å². The van der Waals surface area contributed by atoms with Gasteiger partial charge >= 0.3 is 5.97 Å². The normalized spacial score (nSPS) is 10.4. The lowest BCUT2D eigenvalue weighted by atomic mass is 10.1. The molecule has 29 heavy (non-hydrogen) atoms. The van der Waals surface area contributed by atoms with Crippen molar-refractivity contribution in [2.24, 2.45) is 0 Å². The Morgan fingerprint density at radius 2 is 1.76 bits per heavy atom. The molecule has 0 saturated carbocycles. The highest BCUT2D eigenvalue weighted by Crippen LogP contribution is 2.24. The van der Waals surface area contributed by atoms with Gasteiger partial charge < -0.3 is 14.8 Å². The van der Waals surface area contributed by atoms with Crippen molar-refractivity contribution in [2.45, 2.75) is 20.8 Å². The van der Waals surface area contributed by atoms with Gasteiger partial charge in [-0.15, -0.1) is 0 Å². The van der Waals surface area contributed by atoms with Crippen molar-refractivity contribution in [1.82, 2.24) is 9.78 Å². The maximum absolute atomic E-state index is 12.6. The Kier molecular flexibility index (Phi) is 6.29. The van der Waals surface area contributed by atoms with Crippen LogP contribution in [0.15, 0.2) is 54.7 Å². The van der Waals surface area contributed by atoms with Crippen LogP contribution in [0, 0.1) is 6.92 Å². The zero-order valence-electron chi connectivity index (χ0n) is 16.6. The van der Waals surface area contributed by atoms with E-state index in [0.717, 1.165) is 5.69 Å². The van der Waals surface area contributed by atoms with E-state index in [0.29, 0.717) is 41.5 Å². The van der Waals surface area contributed by atoms with E-state index in [-0.39, 0.29) is 5.91 Å². The zero-order valence-corrected chi connectivity index (χ0v) is 16.6. The SMILES string of the molecule is CCOC(=O)c1cnn(-c2ccc(C(=O)Nc3ccccc3OCC)cc2)c1C. The van der Waals surface area contributed by atoms with Crippen molar-refractivity contribution < 1.29 is 19.1 Å². The van der Waals surface area contributed by atoms with E-state index in [1.807, 2.05) is 25.1 Å². The van der Waals surface area contributed by atoms with E-state index in [2.05, 4.69) is 10.4 Å². The second-order valence-electron chi connectivity index (χ2n) is 6.21. The molecule has 1 N–H and O–H groups in total. The summed E-state index contributed by atoms with van der Waals surface area (Å²) >= 11 is 0. The first-order valence-electron chi connectivity index (χ1n) is 9.40. The van der Waals surface area contributed by atoms with Crippen molar-refractivity contribution in [2.75, 3.05) is 18.5 Å². The lowest BCUT2D eigenvalue weighted by molar-refractivity contribution is 0.0525. The minimum Gasteiger partial charge on any atom is -0.492 e. The van der Waals surface area contributed by atoms with Crippen LogP contribution in [0.5, 0.6) is 5.75 Å². The van der Waals surface area contributed by atoms with Crippen LogP contribution in [0.4, 0.5) is 5.69 Å². The number of aromatic nitrogens is 2. The smallest absolute Gasteiger partial charge is 0.341 e. The number of amides is 1. The lowest BCUT2D eigenvalue weighted by Gasteiger charge is -2.11. The zero-order chi connectivity index (χ0) is 20.8. The molecule has 7 heteroatoms. The molecule has 0 saturated heterocycles. The van der Waals surface area contributed by atoms with Gasteiger partial charge in [0, 0.05) is 5.56 Å². The number of nitrogens with one attached hydrogen (secondary N) is 1. The molecule has 3 rings (SSSR count). The minimum atomic E-state index is -0.403. The first kappa shape index (κ1) is 20.1. The maximum Gasteiger partial charge on any atom is 0.341 e. The number of hydrogen-bond acceptors (Lipinski definition) is 5. The number of para-hydroxylation sites is 2. The summed E-state index contributed by atoms with van der Waals surface area (Å²) in [6.45, 7) is 6.26. The van der Waals surface area contributed by atoms with E-state index in [4.69, 9.17) is 9.47 Å². The Morgan fingerprint density at radius 1 is 1.03 bits per heavy atom. The maximum atomic E-state index is 12.6. The molecule has 0 aliphatic carbocycles. The number of rotatable bonds is 7. The topological polar surface area (TPSA) is 82.5 Å². The highest BCUT2D eigenvalue weighted by atomic mass is 16.5. The summed E-state index contributed by atoms with van der Waals surface area (Å²) in [6.07, 6.45) is 1.48. The summed E-state index contributed by atoms with van der Waals surface area (Å²) in [5, 5.41) is 7.13. The van der Waals surface area contributed by atoms with Gasteiger partial charge in [-0.05, 0) is 57.2 Å². The molecule has 0 aliphatic heterocycles. The predicted octanol–water partition coefficient (Wildman–Crippen LogP) is 4.01. The van der Waals surface area contributed by atoms with Crippen LogP contribution >= 0.6 is 0 Å². The van der Waals surface area contributed by atoms with Crippen molar-refractivity contribution in [1.29, 1.82) is 0 Å². The quantitative estimate of drug-likeness (QED) is 0.614. The lowest BCUT2D eigenvalue weighted by Crippen LogP contribution is -2.13. The molecule has 3 aromatic rings. The van der Waals surface area contributed by atoms with Gasteiger partial charge in [-0.2, -0.15) is 5.10 Å². The molecule has 0 radical (unpaired) electrons. The van der Waals surface area contributed by atoms with E-state index in [1.165, 1.54) is 6.20 Å². The standard InChI is InChI=1S/C22H23N3O4/c1-4-28-20-9-7-6-8-19(20)24-21(26)16-10-12-17(13-11-16)25-15(3)18(14-23-25)22(27)29-5-2/h6-14H,4-5H2,1-3H3,(H,24,26). The average molecular weight is 393 g/mol. The molecule has 1 heterocycles. The molecule has 1 aromatic heterocycles. The Labute approximate surface area is 169 Å². The van der Waals surface area contributed by atoms with Gasteiger partial charge in [-0.1, -0.05) is 12.1 Å². The summed E-state index contributed by atoms with van der Waals surface area (Å²) in [5.74, 6) is -0.0213. The second-order valence-corrected chi connectivity index (χ2v) is 6.21. The van der Waals surface area contributed by atoms with Gasteiger partial charge in [0.25, 0.3) is 5.91 Å². The number of anilines is 1. The summed E-state index contributed by atoms with van der Waals surface area (Å²) in [7, 11) is 0. The summed E-state index contributed by atoms with van der Waals surface area (Å²) in [4.78, 5) is 24.6. The molecule has 0 atom stereocenters. The van der Waals surface area contributed by atoms with Gasteiger partial charge in [0.15, 0.2) is 0 Å². The van der Waals surface area contributed by atoms with Crippen LogP contribution in [-0.2, 0) is 4.74 Å². The number of benzene rings is 2. The Hall–Kier alpha value is -3.61. The molecule has 0 fully saturated rings. The fourth-order valence-corrected chi connectivity index (χ4v) is 2.88. The first-order chi connectivity index (χ1) is 14.0. The molecular formula is C22H23N3O4. The Balaban J connectivity index is 1.77. The largest absolute Gasteiger partial charge is 0.492 e. The molecule has 0 aliphatic rings. The van der Waals surface area contributed by atoms with Crippen molar-refractivity contribution in [3.63, 3.8) is 0 Å². The van der Waals surface area contributed by atoms with Gasteiger partial charge in [-0.3, -0.25) is 4.79 Å². The monoisotopic (exact) mass is 393 g/mol. The number of hydrogen-bond donors (Lipinski definition) is 1. The van der Waals surface area contributed by atoms with Crippen molar-refractivity contribution in [3.05, 3.63) is 71.5 Å². The number of carbonyl (C=O) groups is 2. The van der Waals surface area contributed by atoms with E-state index in [1.54, 1.807) is 48.9 Å². The van der Waals surface area contributed by atoms with E-state index >= 15 is 0 Å². The van der Waals surface area contributed by atoms with Crippen LogP contribution < -0.4 is 10.1 Å². The second kappa shape index (κ2) is 9.05. The molecule has 0 bridgehead atoms. The Morgan fingerprint density at radius 3 is 2.45 bits per heavy atom. The molecule has 1 amide bonds. The number of ether oxygens (including phenoxy) is 2. The third kappa shape index (κ3) is 4.45. The summed E-state index contributed by atoms with van der Waals surface area (Å²) in [5.41, 5.74) is 2.94. The number of carbonyl (C=O) groups excluding carboxylic acids is 2. The van der Waals surface area contributed by atoms with Crippen LogP contribution in [0.2, 0.25) is 0 Å². The van der Waals surface area contributed by atoms with E-state index in [9.17, 15) is 9.59 Å². The fourth-order valence-electron chi connectivity index (χ4n) is 2.88. The Bertz CT molecular complexity index is 1010. The molecule has 7 nitrogen and oxygen atoms in total. The molecule has 0 unspecified atom stereocenters. The number of esters is 1. The predicted molar refractivity (Wildman–Crippen MR) is 110 cm³/mol. The highest BCUT2D eigenvalue weighted by Gasteiger charge is 2.16. The summed E-state index contributed by atoms with van der Waals surface area (Å²) in [6, 6.07) is 14.3. The van der Waals surface area contributed by atoms with Crippen LogP contribution in [0.25, 0.3) is 5.69 Å². The molecule has 0 spiro atoms. The average Bonchev–Trinajstić information content (AvgIpc) is 3.11. The third-order valence-electron chi connectivity index (χ3n) is 4.31. The third-order valence-corrected chi connectivity index (χ3v) is 4.31. The van der Waals surface area contributed by atoms with Gasteiger partial charge in [0.2, 0.25) is 0 Å². The molecule has 150 valence electrons. The summed E-state index contributed by atoms with van der Waals surface area (Å²) < 4.78 is 12.2. The van der Waals surface area contributed by atoms with Crippen LogP contribution in [-0.4, -0.2) is 34.9 Å². The highest BCUT2D eigenvalue weighted by molar-refractivity contribution is 6.05. The van der Waals surface area contributed by atoms with Crippen molar-refractivity contribution in [3.8, 4) is 11.4 Å². The van der Waals surface area contributed by atoms with Gasteiger partial charge in [0.1, 0.15) is 11.3 Å². The van der Waals surface area contributed by atoms with E-state index < -0.39 is 5.97 Å². The first-order valence-corrected chi connectivity index (χ1v) is 9.40. The van der Waals surface area contributed by atoms with Crippen molar-refractivity contribution >= 4 is 17.6 Å². The fraction of sp³-hybridized carbons (Fsp3) is 0.227. The molecule has 2 aromatic carbocycles. The van der Waals surface area contributed by atoms with Gasteiger partial charge in [0.05, 0.1) is 36.5 Å².